The van der Waals surface area contributed by atoms with Gasteiger partial charge in [-0.25, -0.2) is 17.6 Å². The van der Waals surface area contributed by atoms with Crippen LogP contribution in [-0.4, -0.2) is 57.4 Å². The highest BCUT2D eigenvalue weighted by atomic mass is 32.2. The monoisotopic (exact) mass is 435 g/mol. The summed E-state index contributed by atoms with van der Waals surface area (Å²) in [6.45, 7) is 2.27. The van der Waals surface area contributed by atoms with Crippen LogP contribution < -0.4 is 0 Å². The second kappa shape index (κ2) is 9.46. The minimum absolute atomic E-state index is 0.171. The van der Waals surface area contributed by atoms with E-state index in [1.807, 2.05) is 6.92 Å². The first kappa shape index (κ1) is 22.1. The zero-order valence-corrected chi connectivity index (χ0v) is 17.3. The molecule has 30 heavy (non-hydrogen) atoms. The number of carbonyl (C=O) groups is 2. The summed E-state index contributed by atoms with van der Waals surface area (Å²) >= 11 is 0. The third-order valence-electron chi connectivity index (χ3n) is 4.78. The fourth-order valence-electron chi connectivity index (χ4n) is 2.98. The van der Waals surface area contributed by atoms with E-state index in [1.54, 1.807) is 24.3 Å². The number of nitrogens with zero attached hydrogens (tertiary/aromatic N) is 1. The van der Waals surface area contributed by atoms with Gasteiger partial charge in [0.05, 0.1) is 23.7 Å². The van der Waals surface area contributed by atoms with Crippen molar-refractivity contribution in [1.29, 1.82) is 0 Å². The molecule has 3 rings (SSSR count). The van der Waals surface area contributed by atoms with Gasteiger partial charge in [0, 0.05) is 18.7 Å². The van der Waals surface area contributed by atoms with Crippen LogP contribution in [0.5, 0.6) is 0 Å². The fourth-order valence-corrected chi connectivity index (χ4v) is 4.41. The van der Waals surface area contributed by atoms with Crippen LogP contribution in [0.25, 0.3) is 0 Å². The van der Waals surface area contributed by atoms with Crippen LogP contribution in [0.2, 0.25) is 0 Å². The number of esters is 1. The van der Waals surface area contributed by atoms with Crippen molar-refractivity contribution in [2.24, 2.45) is 0 Å². The second-order valence-electron chi connectivity index (χ2n) is 6.71. The van der Waals surface area contributed by atoms with E-state index in [-0.39, 0.29) is 31.2 Å². The molecule has 0 unspecified atom stereocenters. The lowest BCUT2D eigenvalue weighted by Crippen LogP contribution is -2.40. The van der Waals surface area contributed by atoms with Crippen molar-refractivity contribution in [3.63, 3.8) is 0 Å². The van der Waals surface area contributed by atoms with Gasteiger partial charge >= 0.3 is 5.97 Å². The molecule has 0 atom stereocenters. The lowest BCUT2D eigenvalue weighted by Gasteiger charge is -2.26. The number of hydrogen-bond donors (Lipinski definition) is 0. The van der Waals surface area contributed by atoms with Crippen LogP contribution in [0.1, 0.15) is 33.2 Å². The van der Waals surface area contributed by atoms with Gasteiger partial charge in [-0.1, -0.05) is 31.2 Å². The molecule has 1 fully saturated rings. The van der Waals surface area contributed by atoms with Crippen LogP contribution in [0, 0.1) is 5.82 Å². The molecule has 7 nitrogen and oxygen atoms in total. The Hall–Kier alpha value is -2.62. The maximum atomic E-state index is 14.2. The molecule has 0 bridgehead atoms. The van der Waals surface area contributed by atoms with Gasteiger partial charge in [-0.05, 0) is 30.2 Å². The van der Waals surface area contributed by atoms with Gasteiger partial charge in [-0.15, -0.1) is 0 Å². The number of carbonyl (C=O) groups excluding carboxylic acids is 2. The van der Waals surface area contributed by atoms with E-state index in [0.29, 0.717) is 5.56 Å². The van der Waals surface area contributed by atoms with Crippen molar-refractivity contribution in [2.75, 3.05) is 32.9 Å². The van der Waals surface area contributed by atoms with Gasteiger partial charge in [-0.2, -0.15) is 4.31 Å². The zero-order chi connectivity index (χ0) is 21.7. The molecule has 1 saturated heterocycles. The minimum atomic E-state index is -3.90. The van der Waals surface area contributed by atoms with E-state index in [4.69, 9.17) is 9.47 Å². The van der Waals surface area contributed by atoms with Gasteiger partial charge in [0.25, 0.3) is 0 Å². The highest BCUT2D eigenvalue weighted by Gasteiger charge is 2.28. The number of aryl methyl sites for hydroxylation is 1. The summed E-state index contributed by atoms with van der Waals surface area (Å²) in [4.78, 5) is 24.3. The molecule has 1 aliphatic heterocycles. The molecule has 1 heterocycles. The fraction of sp³-hybridized carbons (Fsp3) is 0.333. The molecule has 0 radical (unpaired) electrons. The number of halogens is 1. The third kappa shape index (κ3) is 4.92. The van der Waals surface area contributed by atoms with Crippen LogP contribution in [0.3, 0.4) is 0 Å². The molecule has 9 heteroatoms. The smallest absolute Gasteiger partial charge is 0.341 e. The van der Waals surface area contributed by atoms with Crippen LogP contribution >= 0.6 is 0 Å². The Labute approximate surface area is 174 Å². The quantitative estimate of drug-likeness (QED) is 0.490. The molecule has 0 spiro atoms. The summed E-state index contributed by atoms with van der Waals surface area (Å²) in [5.41, 5.74) is 0.881. The maximum Gasteiger partial charge on any atom is 0.341 e. The molecule has 0 aromatic heterocycles. The molecule has 0 aliphatic carbocycles. The Morgan fingerprint density at radius 2 is 1.77 bits per heavy atom. The van der Waals surface area contributed by atoms with E-state index in [1.165, 1.54) is 4.31 Å². The highest BCUT2D eigenvalue weighted by molar-refractivity contribution is 7.89. The van der Waals surface area contributed by atoms with Crippen LogP contribution in [0.4, 0.5) is 4.39 Å². The lowest BCUT2D eigenvalue weighted by molar-refractivity contribution is 0.0469. The lowest BCUT2D eigenvalue weighted by atomic mass is 10.1. The minimum Gasteiger partial charge on any atom is -0.454 e. The second-order valence-corrected chi connectivity index (χ2v) is 8.65. The number of benzene rings is 2. The average molecular weight is 435 g/mol. The summed E-state index contributed by atoms with van der Waals surface area (Å²) in [6, 6.07) is 9.79. The van der Waals surface area contributed by atoms with Gasteiger partial charge in [-0.3, -0.25) is 4.79 Å². The SMILES string of the molecule is CCc1ccc(C(=O)COC(=O)c2cc(S(=O)(=O)N3CCOCC3)ccc2F)cc1. The summed E-state index contributed by atoms with van der Waals surface area (Å²) < 4.78 is 50.9. The van der Waals surface area contributed by atoms with Crippen LogP contribution in [0.15, 0.2) is 47.4 Å². The number of morpholine rings is 1. The Balaban J connectivity index is 1.72. The van der Waals surface area contributed by atoms with E-state index < -0.39 is 39.8 Å². The summed E-state index contributed by atoms with van der Waals surface area (Å²) in [5.74, 6) is -2.48. The van der Waals surface area contributed by atoms with E-state index in [0.717, 1.165) is 30.2 Å². The molecule has 0 amide bonds. The number of ketones is 1. The van der Waals surface area contributed by atoms with Crippen LogP contribution in [-0.2, 0) is 25.9 Å². The Bertz CT molecular complexity index is 1030. The zero-order valence-electron chi connectivity index (χ0n) is 16.5. The molecule has 160 valence electrons. The van der Waals surface area contributed by atoms with Gasteiger partial charge in [0.2, 0.25) is 10.0 Å². The average Bonchev–Trinajstić information content (AvgIpc) is 2.78. The highest BCUT2D eigenvalue weighted by Crippen LogP contribution is 2.21. The Kier molecular flexibility index (Phi) is 6.96. The third-order valence-corrected chi connectivity index (χ3v) is 6.68. The number of Topliss-reactive ketones (excluding diaryl/α,β-unsaturated/α-hetero) is 1. The first-order chi connectivity index (χ1) is 14.3. The molecular weight excluding hydrogens is 413 g/mol. The maximum absolute atomic E-state index is 14.2. The number of ether oxygens (including phenoxy) is 2. The summed E-state index contributed by atoms with van der Waals surface area (Å²) in [7, 11) is -3.90. The van der Waals surface area contributed by atoms with Gasteiger partial charge < -0.3 is 9.47 Å². The van der Waals surface area contributed by atoms with E-state index >= 15 is 0 Å². The van der Waals surface area contributed by atoms with Crippen molar-refractivity contribution in [3.05, 3.63) is 65.0 Å². The Morgan fingerprint density at radius 3 is 2.40 bits per heavy atom. The van der Waals surface area contributed by atoms with Crippen molar-refractivity contribution in [2.45, 2.75) is 18.2 Å². The standard InChI is InChI=1S/C21H22FNO6S/c1-2-15-3-5-16(6-4-15)20(24)14-29-21(25)18-13-17(7-8-19(18)22)30(26,27)23-9-11-28-12-10-23/h3-8,13H,2,9-12,14H2,1H3. The normalized spacial score (nSPS) is 15.0. The molecule has 2 aromatic carbocycles. The number of rotatable bonds is 7. The van der Waals surface area contributed by atoms with E-state index in [9.17, 15) is 22.4 Å². The first-order valence-electron chi connectivity index (χ1n) is 9.49. The summed E-state index contributed by atoms with van der Waals surface area (Å²) in [6.07, 6.45) is 0.826. The molecule has 0 saturated carbocycles. The largest absolute Gasteiger partial charge is 0.454 e. The number of sulfonamides is 1. The van der Waals surface area contributed by atoms with Crippen molar-refractivity contribution < 1.29 is 31.9 Å². The summed E-state index contributed by atoms with van der Waals surface area (Å²) in [5, 5.41) is 0. The molecule has 1 aliphatic rings. The molecule has 0 N–H and O–H groups in total. The Morgan fingerprint density at radius 1 is 1.10 bits per heavy atom. The topological polar surface area (TPSA) is 90.0 Å². The van der Waals surface area contributed by atoms with Crippen molar-refractivity contribution in [3.8, 4) is 0 Å². The van der Waals surface area contributed by atoms with Gasteiger partial charge in [0.15, 0.2) is 12.4 Å². The predicted octanol–water partition coefficient (Wildman–Crippen LogP) is 2.45. The number of hydrogen-bond acceptors (Lipinski definition) is 6. The first-order valence-corrected chi connectivity index (χ1v) is 10.9. The van der Waals surface area contributed by atoms with Gasteiger partial charge in [0.1, 0.15) is 5.82 Å². The predicted molar refractivity (Wildman–Crippen MR) is 106 cm³/mol. The van der Waals surface area contributed by atoms with Crippen molar-refractivity contribution in [1.82, 2.24) is 4.31 Å². The van der Waals surface area contributed by atoms with E-state index in [2.05, 4.69) is 0 Å². The molecule has 2 aromatic rings. The van der Waals surface area contributed by atoms with Crippen molar-refractivity contribution >= 4 is 21.8 Å². The molecular formula is C21H22FNO6S.